The van der Waals surface area contributed by atoms with Crippen molar-refractivity contribution in [1.29, 1.82) is 0 Å². The Morgan fingerprint density at radius 2 is 1.00 bits per heavy atom. The zero-order chi connectivity index (χ0) is 12.3. The molecule has 1 N–H and O–H groups in total. The molecule has 0 saturated carbocycles. The van der Waals surface area contributed by atoms with Crippen molar-refractivity contribution in [3.63, 3.8) is 0 Å². The minimum atomic E-state index is -1.61. The number of halogens is 4. The molecule has 0 unspecified atom stereocenters. The van der Waals surface area contributed by atoms with Crippen LogP contribution in [0.4, 0.5) is 0 Å². The predicted molar refractivity (Wildman–Crippen MR) is 65.9 cm³/mol. The first-order valence-corrected chi connectivity index (χ1v) is 5.20. The standard InChI is InChI=1S/C6H6.C2H4O2.CCl4/c1-2-4-6-5-3-1;1-2(3)4;2-1(3,4)5/h1-6H;1H3,(H,3,4);. The summed E-state index contributed by atoms with van der Waals surface area (Å²) in [6.07, 6.45) is 0. The smallest absolute Gasteiger partial charge is 0.300 e. The van der Waals surface area contributed by atoms with Crippen LogP contribution in [-0.2, 0) is 4.79 Å². The van der Waals surface area contributed by atoms with Gasteiger partial charge < -0.3 is 5.11 Å². The first-order valence-electron chi connectivity index (χ1n) is 3.68. The SMILES string of the molecule is CC(=O)O.ClC(Cl)(Cl)Cl.c1ccccc1. The van der Waals surface area contributed by atoms with Gasteiger partial charge in [0.25, 0.3) is 9.22 Å². The molecule has 1 aromatic rings. The first kappa shape index (κ1) is 17.3. The van der Waals surface area contributed by atoms with E-state index in [2.05, 4.69) is 0 Å². The van der Waals surface area contributed by atoms with Crippen molar-refractivity contribution in [2.24, 2.45) is 0 Å². The highest BCUT2D eigenvalue weighted by molar-refractivity contribution is 6.83. The summed E-state index contributed by atoms with van der Waals surface area (Å²) in [5, 5.41) is 7.42. The van der Waals surface area contributed by atoms with Crippen LogP contribution in [0.3, 0.4) is 0 Å². The van der Waals surface area contributed by atoms with E-state index in [1.165, 1.54) is 0 Å². The molecule has 86 valence electrons. The fourth-order valence-corrected chi connectivity index (χ4v) is 0.385. The van der Waals surface area contributed by atoms with Crippen molar-refractivity contribution in [3.8, 4) is 0 Å². The third kappa shape index (κ3) is 56.8. The van der Waals surface area contributed by atoms with Gasteiger partial charge >= 0.3 is 0 Å². The van der Waals surface area contributed by atoms with E-state index < -0.39 is 9.22 Å². The summed E-state index contributed by atoms with van der Waals surface area (Å²) in [7, 11) is 0. The van der Waals surface area contributed by atoms with Crippen LogP contribution in [0.15, 0.2) is 36.4 Å². The number of rotatable bonds is 0. The average molecular weight is 292 g/mol. The third-order valence-corrected chi connectivity index (χ3v) is 0.667. The molecule has 0 saturated heterocycles. The molecule has 2 nitrogen and oxygen atoms in total. The molecular weight excluding hydrogens is 282 g/mol. The number of aliphatic carboxylic acids is 1. The maximum atomic E-state index is 9.00. The molecule has 1 rings (SSSR count). The van der Waals surface area contributed by atoms with E-state index in [0.29, 0.717) is 0 Å². The van der Waals surface area contributed by atoms with Gasteiger partial charge in [-0.05, 0) is 0 Å². The highest BCUT2D eigenvalue weighted by atomic mass is 35.6. The number of alkyl halides is 4. The van der Waals surface area contributed by atoms with E-state index in [0.717, 1.165) is 6.92 Å². The Morgan fingerprint density at radius 3 is 1.07 bits per heavy atom. The molecule has 15 heavy (non-hydrogen) atoms. The van der Waals surface area contributed by atoms with Crippen LogP contribution in [0.5, 0.6) is 0 Å². The van der Waals surface area contributed by atoms with Crippen LogP contribution in [0.2, 0.25) is 0 Å². The molecule has 0 aromatic heterocycles. The van der Waals surface area contributed by atoms with Gasteiger partial charge in [0.15, 0.2) is 0 Å². The highest BCUT2D eigenvalue weighted by Gasteiger charge is 2.11. The molecule has 6 heteroatoms. The Hall–Kier alpha value is -0.150. The minimum absolute atomic E-state index is 0.833. The molecule has 0 aliphatic carbocycles. The zero-order valence-electron chi connectivity index (χ0n) is 7.83. The Morgan fingerprint density at radius 1 is 0.933 bits per heavy atom. The quantitative estimate of drug-likeness (QED) is 0.722. The van der Waals surface area contributed by atoms with Crippen molar-refractivity contribution in [1.82, 2.24) is 0 Å². The molecule has 0 aliphatic rings. The normalized spacial score (nSPS) is 8.87. The molecule has 0 radical (unpaired) electrons. The lowest BCUT2D eigenvalue weighted by atomic mass is 10.4. The molecule has 1 aromatic carbocycles. The Kier molecular flexibility index (Phi) is 11.9. The number of benzene rings is 1. The lowest BCUT2D eigenvalue weighted by Gasteiger charge is -1.91. The second-order valence-electron chi connectivity index (χ2n) is 2.10. The molecule has 0 aliphatic heterocycles. The first-order chi connectivity index (χ1) is 6.73. The van der Waals surface area contributed by atoms with Gasteiger partial charge in [-0.3, -0.25) is 4.79 Å². The van der Waals surface area contributed by atoms with Crippen molar-refractivity contribution in [2.75, 3.05) is 0 Å². The molecule has 0 spiro atoms. The monoisotopic (exact) mass is 290 g/mol. The minimum Gasteiger partial charge on any atom is -0.481 e. The molecular formula is C9H10Cl4O2. The summed E-state index contributed by atoms with van der Waals surface area (Å²) in [6, 6.07) is 12.0. The van der Waals surface area contributed by atoms with E-state index in [4.69, 9.17) is 56.3 Å². The van der Waals surface area contributed by atoms with Gasteiger partial charge in [0.05, 0.1) is 0 Å². The number of carboxylic acid groups (broad SMARTS) is 1. The van der Waals surface area contributed by atoms with Gasteiger partial charge in [0.1, 0.15) is 0 Å². The van der Waals surface area contributed by atoms with Crippen molar-refractivity contribution < 1.29 is 9.90 Å². The van der Waals surface area contributed by atoms with Crippen molar-refractivity contribution in [2.45, 2.75) is 10.2 Å². The Bertz CT molecular complexity index is 209. The highest BCUT2D eigenvalue weighted by Crippen LogP contribution is 2.29. The van der Waals surface area contributed by atoms with E-state index in [9.17, 15) is 0 Å². The molecule has 0 fully saturated rings. The second kappa shape index (κ2) is 10.4. The largest absolute Gasteiger partial charge is 0.481 e. The number of hydrogen-bond donors (Lipinski definition) is 1. The fourth-order valence-electron chi connectivity index (χ4n) is 0.385. The predicted octanol–water partition coefficient (Wildman–Crippen LogP) is 4.33. The topological polar surface area (TPSA) is 37.3 Å². The average Bonchev–Trinajstić information content (AvgIpc) is 2.03. The van der Waals surface area contributed by atoms with Crippen LogP contribution in [0.25, 0.3) is 0 Å². The van der Waals surface area contributed by atoms with Crippen LogP contribution >= 0.6 is 46.4 Å². The Balaban J connectivity index is 0. The summed E-state index contributed by atoms with van der Waals surface area (Å²) < 4.78 is -1.61. The van der Waals surface area contributed by atoms with Gasteiger partial charge in [-0.1, -0.05) is 82.8 Å². The van der Waals surface area contributed by atoms with Crippen molar-refractivity contribution in [3.05, 3.63) is 36.4 Å². The number of carboxylic acids is 1. The lowest BCUT2D eigenvalue weighted by Crippen LogP contribution is -1.81. The summed E-state index contributed by atoms with van der Waals surface area (Å²) in [5.74, 6) is -0.833. The van der Waals surface area contributed by atoms with E-state index >= 15 is 0 Å². The summed E-state index contributed by atoms with van der Waals surface area (Å²) in [6.45, 7) is 1.08. The Labute approximate surface area is 109 Å². The van der Waals surface area contributed by atoms with Gasteiger partial charge in [0.2, 0.25) is 0 Å². The van der Waals surface area contributed by atoms with E-state index in [1.807, 2.05) is 36.4 Å². The second-order valence-corrected chi connectivity index (χ2v) is 5.53. The zero-order valence-corrected chi connectivity index (χ0v) is 10.9. The van der Waals surface area contributed by atoms with E-state index in [1.54, 1.807) is 0 Å². The molecule has 0 atom stereocenters. The summed E-state index contributed by atoms with van der Waals surface area (Å²) in [5.41, 5.74) is 0. The summed E-state index contributed by atoms with van der Waals surface area (Å²) in [4.78, 5) is 9.00. The molecule has 0 heterocycles. The van der Waals surface area contributed by atoms with Gasteiger partial charge in [0, 0.05) is 6.92 Å². The van der Waals surface area contributed by atoms with Gasteiger partial charge in [-0.15, -0.1) is 0 Å². The summed E-state index contributed by atoms with van der Waals surface area (Å²) >= 11 is 19.3. The van der Waals surface area contributed by atoms with Crippen LogP contribution < -0.4 is 0 Å². The van der Waals surface area contributed by atoms with Gasteiger partial charge in [-0.2, -0.15) is 0 Å². The lowest BCUT2D eigenvalue weighted by molar-refractivity contribution is -0.134. The van der Waals surface area contributed by atoms with Crippen LogP contribution in [0, 0.1) is 0 Å². The maximum absolute atomic E-state index is 9.00. The van der Waals surface area contributed by atoms with Crippen LogP contribution in [-0.4, -0.2) is 14.3 Å². The maximum Gasteiger partial charge on any atom is 0.300 e. The fraction of sp³-hybridized carbons (Fsp3) is 0.222. The van der Waals surface area contributed by atoms with E-state index in [-0.39, 0.29) is 0 Å². The van der Waals surface area contributed by atoms with Gasteiger partial charge in [-0.25, -0.2) is 0 Å². The molecule has 0 amide bonds. The third-order valence-electron chi connectivity index (χ3n) is 0.667. The number of carbonyl (C=O) groups is 1. The van der Waals surface area contributed by atoms with Crippen molar-refractivity contribution >= 4 is 52.4 Å². The molecule has 0 bridgehead atoms. The number of hydrogen-bond acceptors (Lipinski definition) is 1. The van der Waals surface area contributed by atoms with Crippen LogP contribution in [0.1, 0.15) is 6.92 Å².